The summed E-state index contributed by atoms with van der Waals surface area (Å²) in [5.74, 6) is -0.925. The first kappa shape index (κ1) is 26.1. The van der Waals surface area contributed by atoms with Gasteiger partial charge in [0.15, 0.2) is 0 Å². The maximum absolute atomic E-state index is 13.8. The Morgan fingerprint density at radius 3 is 2.38 bits per heavy atom. The molecule has 0 amide bonds. The Labute approximate surface area is 239 Å². The third-order valence-corrected chi connectivity index (χ3v) is 8.88. The van der Waals surface area contributed by atoms with Crippen LogP contribution in [0.25, 0.3) is 49.7 Å². The van der Waals surface area contributed by atoms with Crippen LogP contribution in [0.3, 0.4) is 0 Å². The van der Waals surface area contributed by atoms with Crippen molar-refractivity contribution in [2.24, 2.45) is 0 Å². The van der Waals surface area contributed by atoms with Gasteiger partial charge in [-0.3, -0.25) is 19.3 Å². The van der Waals surface area contributed by atoms with Gasteiger partial charge >= 0.3 is 11.7 Å². The van der Waals surface area contributed by atoms with Crippen molar-refractivity contribution in [1.82, 2.24) is 18.5 Å². The number of nitrogens with zero attached hydrogens (tertiary/aromatic N) is 4. The molecule has 1 N–H and O–H groups in total. The van der Waals surface area contributed by atoms with Gasteiger partial charge in [0.1, 0.15) is 5.52 Å². The van der Waals surface area contributed by atoms with Gasteiger partial charge in [0, 0.05) is 22.5 Å². The third kappa shape index (κ3) is 4.08. The van der Waals surface area contributed by atoms with Crippen molar-refractivity contribution in [3.05, 3.63) is 101 Å². The second-order valence-corrected chi connectivity index (χ2v) is 12.5. The number of aliphatic carboxylic acids is 1. The molecule has 11 heteroatoms. The molecule has 0 unspecified atom stereocenters. The summed E-state index contributed by atoms with van der Waals surface area (Å²) in [5.41, 5.74) is 3.51. The Hall–Kier alpha value is -4.87. The van der Waals surface area contributed by atoms with Gasteiger partial charge in [-0.1, -0.05) is 36.4 Å². The molecule has 0 bridgehead atoms. The van der Waals surface area contributed by atoms with Crippen molar-refractivity contribution in [3.8, 4) is 16.8 Å². The molecular formula is C31H24N4O6S. The summed E-state index contributed by atoms with van der Waals surface area (Å²) in [7, 11) is -3.99. The lowest BCUT2D eigenvalue weighted by molar-refractivity contribution is -0.145. The molecule has 0 spiro atoms. The number of benzene rings is 3. The highest BCUT2D eigenvalue weighted by molar-refractivity contribution is 7.89. The van der Waals surface area contributed by atoms with Crippen LogP contribution in [0.15, 0.2) is 90.0 Å². The molecule has 3 aromatic carbocycles. The zero-order valence-corrected chi connectivity index (χ0v) is 23.2. The smallest absolute Gasteiger partial charge is 0.347 e. The summed E-state index contributed by atoms with van der Waals surface area (Å²) >= 11 is 0. The molecule has 7 rings (SSSR count). The van der Waals surface area contributed by atoms with Gasteiger partial charge in [-0.25, -0.2) is 13.2 Å². The van der Waals surface area contributed by atoms with Crippen molar-refractivity contribution in [2.45, 2.75) is 11.8 Å². The third-order valence-electron chi connectivity index (χ3n) is 7.87. The maximum atomic E-state index is 13.8. The molecule has 4 heterocycles. The summed E-state index contributed by atoms with van der Waals surface area (Å²) in [5, 5.41) is 11.0. The lowest BCUT2D eigenvalue weighted by atomic mass is 9.76. The Balaban J connectivity index is 1.46. The predicted molar refractivity (Wildman–Crippen MR) is 159 cm³/mol. The van der Waals surface area contributed by atoms with E-state index in [4.69, 9.17) is 4.74 Å². The van der Waals surface area contributed by atoms with E-state index in [0.717, 1.165) is 37.8 Å². The maximum Gasteiger partial charge on any atom is 0.347 e. The molecule has 1 saturated heterocycles. The molecule has 42 heavy (non-hydrogen) atoms. The van der Waals surface area contributed by atoms with Crippen LogP contribution in [0, 0.1) is 0 Å². The minimum absolute atomic E-state index is 0.0810. The molecule has 1 aliphatic heterocycles. The van der Waals surface area contributed by atoms with Gasteiger partial charge in [-0.15, -0.1) is 0 Å². The molecule has 0 aliphatic carbocycles. The minimum atomic E-state index is -3.99. The number of fused-ring (bicyclic) bond motifs is 4. The number of imidazole rings is 1. The monoisotopic (exact) mass is 580 g/mol. The largest absolute Gasteiger partial charge is 0.481 e. The van der Waals surface area contributed by atoms with E-state index in [1.807, 2.05) is 48.5 Å². The fourth-order valence-electron chi connectivity index (χ4n) is 5.78. The van der Waals surface area contributed by atoms with Crippen LogP contribution in [0.4, 0.5) is 0 Å². The van der Waals surface area contributed by atoms with Gasteiger partial charge in [0.25, 0.3) is 0 Å². The van der Waals surface area contributed by atoms with Crippen LogP contribution in [0.2, 0.25) is 0 Å². The number of aromatic nitrogens is 4. The topological polar surface area (TPSA) is 133 Å². The summed E-state index contributed by atoms with van der Waals surface area (Å²) < 4.78 is 33.2. The highest BCUT2D eigenvalue weighted by atomic mass is 32.2. The number of carboxylic acid groups (broad SMARTS) is 1. The molecule has 3 aromatic heterocycles. The molecular weight excluding hydrogens is 556 g/mol. The van der Waals surface area contributed by atoms with Crippen molar-refractivity contribution in [3.63, 3.8) is 0 Å². The van der Waals surface area contributed by atoms with Crippen LogP contribution in [0.1, 0.15) is 12.0 Å². The minimum Gasteiger partial charge on any atom is -0.481 e. The molecule has 1 fully saturated rings. The molecule has 210 valence electrons. The van der Waals surface area contributed by atoms with Gasteiger partial charge in [-0.2, -0.15) is 3.97 Å². The fraction of sp³-hybridized carbons (Fsp3) is 0.161. The summed E-state index contributed by atoms with van der Waals surface area (Å²) in [6.07, 6.45) is 4.08. The van der Waals surface area contributed by atoms with Gasteiger partial charge < -0.3 is 9.84 Å². The first-order valence-electron chi connectivity index (χ1n) is 13.2. The van der Waals surface area contributed by atoms with Gasteiger partial charge in [0.05, 0.1) is 59.7 Å². The average Bonchev–Trinajstić information content (AvgIpc) is 3.27. The van der Waals surface area contributed by atoms with E-state index in [-0.39, 0.29) is 25.2 Å². The van der Waals surface area contributed by atoms with Gasteiger partial charge in [-0.05, 0) is 47.5 Å². The van der Waals surface area contributed by atoms with E-state index in [1.165, 1.54) is 10.8 Å². The summed E-state index contributed by atoms with van der Waals surface area (Å²) in [6.45, 7) is 0.573. The van der Waals surface area contributed by atoms with Crippen molar-refractivity contribution < 1.29 is 23.1 Å². The number of rotatable bonds is 6. The summed E-state index contributed by atoms with van der Waals surface area (Å²) in [6, 6.07) is 22.4. The predicted octanol–water partition coefficient (Wildman–Crippen LogP) is 4.11. The normalized spacial score (nSPS) is 14.8. The van der Waals surface area contributed by atoms with Crippen molar-refractivity contribution in [2.75, 3.05) is 19.5 Å². The van der Waals surface area contributed by atoms with E-state index in [0.29, 0.717) is 22.1 Å². The molecule has 0 atom stereocenters. The first-order chi connectivity index (χ1) is 20.1. The van der Waals surface area contributed by atoms with Gasteiger partial charge in [0.2, 0.25) is 10.0 Å². The highest BCUT2D eigenvalue weighted by Crippen LogP contribution is 2.37. The number of hydrogen-bond donors (Lipinski definition) is 1. The Morgan fingerprint density at radius 2 is 1.69 bits per heavy atom. The summed E-state index contributed by atoms with van der Waals surface area (Å²) in [4.78, 5) is 34.4. The fourth-order valence-corrected chi connectivity index (χ4v) is 6.64. The van der Waals surface area contributed by atoms with E-state index >= 15 is 0 Å². The molecule has 6 aromatic rings. The molecule has 1 aliphatic rings. The number of carboxylic acids is 1. The van der Waals surface area contributed by atoms with Crippen LogP contribution >= 0.6 is 0 Å². The zero-order valence-electron chi connectivity index (χ0n) is 22.4. The Bertz CT molecular complexity index is 2230. The number of pyridine rings is 2. The molecule has 10 nitrogen and oxygen atoms in total. The quantitative estimate of drug-likeness (QED) is 0.311. The number of para-hydroxylation sites is 1. The number of carbonyl (C=O) groups is 1. The lowest BCUT2D eigenvalue weighted by Crippen LogP contribution is -2.48. The number of ether oxygens (including phenoxy) is 1. The van der Waals surface area contributed by atoms with Crippen molar-refractivity contribution >= 4 is 48.8 Å². The first-order valence-corrected chi connectivity index (χ1v) is 15.0. The second-order valence-electron chi connectivity index (χ2n) is 10.7. The van der Waals surface area contributed by atoms with Crippen LogP contribution < -0.4 is 5.69 Å². The standard InChI is InChI=1S/C31H24N4O6S/c1-42(39,40)35-27-16-33-26-11-6-19(21-12-20-4-2-3-5-25(20)32-15-21)13-24(26)29(27)34(30(35)38)23-9-7-22(8-10-23)31(14-28(36)37)17-41-18-31/h2-13,15-16H,14,17-18H2,1H3,(H,36,37). The molecule has 0 radical (unpaired) electrons. The average molecular weight is 581 g/mol. The molecule has 0 saturated carbocycles. The van der Waals surface area contributed by atoms with Crippen LogP contribution in [0.5, 0.6) is 0 Å². The SMILES string of the molecule is CS(=O)(=O)n1c(=O)n(-c2ccc(C3(CC(=O)O)COC3)cc2)c2c3cc(-c4cnc5ccccc5c4)ccc3ncc21. The highest BCUT2D eigenvalue weighted by Gasteiger charge is 2.42. The lowest BCUT2D eigenvalue weighted by Gasteiger charge is -2.40. The van der Waals surface area contributed by atoms with Crippen LogP contribution in [-0.2, 0) is 25.0 Å². The number of hydrogen-bond acceptors (Lipinski definition) is 7. The van der Waals surface area contributed by atoms with Crippen molar-refractivity contribution in [1.29, 1.82) is 0 Å². The Morgan fingerprint density at radius 1 is 0.952 bits per heavy atom. The van der Waals surface area contributed by atoms with E-state index in [1.54, 1.807) is 30.5 Å². The van der Waals surface area contributed by atoms with Crippen LogP contribution in [-0.4, -0.2) is 57.5 Å². The second kappa shape index (κ2) is 9.33. The van der Waals surface area contributed by atoms with E-state index in [2.05, 4.69) is 9.97 Å². The van der Waals surface area contributed by atoms with E-state index < -0.39 is 27.1 Å². The Kier molecular flexibility index (Phi) is 5.79. The van der Waals surface area contributed by atoms with E-state index in [9.17, 15) is 23.1 Å². The zero-order chi connectivity index (χ0) is 29.2.